The number of nitrogens with one attached hydrogen (secondary N) is 2. The van der Waals surface area contributed by atoms with Gasteiger partial charge in [0.25, 0.3) is 5.91 Å². The number of aromatic amines is 1. The van der Waals surface area contributed by atoms with Crippen molar-refractivity contribution in [1.82, 2.24) is 15.3 Å². The van der Waals surface area contributed by atoms with Gasteiger partial charge in [0.15, 0.2) is 0 Å². The van der Waals surface area contributed by atoms with Crippen molar-refractivity contribution >= 4 is 45.4 Å². The number of rotatable bonds is 3. The van der Waals surface area contributed by atoms with Crippen LogP contribution in [0.4, 0.5) is 5.82 Å². The number of H-pyrrole nitrogens is 1. The second-order valence-corrected chi connectivity index (χ2v) is 8.11. The Kier molecular flexibility index (Phi) is 3.96. The monoisotopic (exact) mass is 407 g/mol. The van der Waals surface area contributed by atoms with Gasteiger partial charge in [-0.25, -0.2) is 9.78 Å². The predicted octanol–water partition coefficient (Wildman–Crippen LogP) is 1.62. The SMILES string of the molecule is NC(=O)c1cnc(N2CCCC3(CCNC3=O)C2)c2c1[nH]c1ccc(C(=O)O)cc12. The molecule has 2 aliphatic heterocycles. The van der Waals surface area contributed by atoms with E-state index in [1.54, 1.807) is 12.1 Å². The molecule has 5 rings (SSSR count). The largest absolute Gasteiger partial charge is 0.478 e. The van der Waals surface area contributed by atoms with Crippen molar-refractivity contribution in [3.8, 4) is 0 Å². The molecule has 3 aromatic rings. The maximum Gasteiger partial charge on any atom is 0.335 e. The van der Waals surface area contributed by atoms with E-state index < -0.39 is 17.3 Å². The molecule has 154 valence electrons. The van der Waals surface area contributed by atoms with Gasteiger partial charge < -0.3 is 26.0 Å². The minimum Gasteiger partial charge on any atom is -0.478 e. The number of aromatic nitrogens is 2. The molecule has 2 saturated heterocycles. The first-order valence-corrected chi connectivity index (χ1v) is 9.90. The van der Waals surface area contributed by atoms with E-state index in [0.29, 0.717) is 40.7 Å². The summed E-state index contributed by atoms with van der Waals surface area (Å²) in [6.07, 6.45) is 3.90. The van der Waals surface area contributed by atoms with Gasteiger partial charge in [-0.15, -0.1) is 0 Å². The third-order valence-corrected chi connectivity index (χ3v) is 6.37. The fraction of sp³-hybridized carbons (Fsp3) is 0.333. The van der Waals surface area contributed by atoms with Crippen LogP contribution < -0.4 is 16.0 Å². The highest BCUT2D eigenvalue weighted by molar-refractivity contribution is 6.19. The van der Waals surface area contributed by atoms with E-state index in [9.17, 15) is 19.5 Å². The number of benzene rings is 1. The maximum atomic E-state index is 12.5. The Morgan fingerprint density at radius 1 is 1.27 bits per heavy atom. The zero-order chi connectivity index (χ0) is 21.0. The summed E-state index contributed by atoms with van der Waals surface area (Å²) in [7, 11) is 0. The van der Waals surface area contributed by atoms with Gasteiger partial charge in [-0.2, -0.15) is 0 Å². The molecule has 2 amide bonds. The lowest BCUT2D eigenvalue weighted by molar-refractivity contribution is -0.128. The first-order valence-electron chi connectivity index (χ1n) is 9.90. The molecule has 0 bridgehead atoms. The summed E-state index contributed by atoms with van der Waals surface area (Å²) in [6, 6.07) is 4.76. The second kappa shape index (κ2) is 6.45. The molecule has 0 aliphatic carbocycles. The van der Waals surface area contributed by atoms with Gasteiger partial charge >= 0.3 is 5.97 Å². The van der Waals surface area contributed by atoms with E-state index >= 15 is 0 Å². The zero-order valence-electron chi connectivity index (χ0n) is 16.2. The van der Waals surface area contributed by atoms with Crippen molar-refractivity contribution in [1.29, 1.82) is 0 Å². The van der Waals surface area contributed by atoms with Gasteiger partial charge in [-0.1, -0.05) is 0 Å². The quantitative estimate of drug-likeness (QED) is 0.520. The van der Waals surface area contributed by atoms with E-state index in [2.05, 4.69) is 20.2 Å². The summed E-state index contributed by atoms with van der Waals surface area (Å²) in [6.45, 7) is 1.92. The molecule has 2 aliphatic rings. The molecule has 5 N–H and O–H groups in total. The molecule has 0 saturated carbocycles. The predicted molar refractivity (Wildman–Crippen MR) is 111 cm³/mol. The number of hydrogen-bond acceptors (Lipinski definition) is 5. The number of piperidine rings is 1. The Morgan fingerprint density at radius 2 is 2.10 bits per heavy atom. The summed E-state index contributed by atoms with van der Waals surface area (Å²) < 4.78 is 0. The number of carbonyl (C=O) groups is 3. The molecule has 9 nitrogen and oxygen atoms in total. The Labute approximate surface area is 171 Å². The Bertz CT molecular complexity index is 1230. The van der Waals surface area contributed by atoms with Gasteiger partial charge in [0, 0.05) is 36.7 Å². The molecule has 1 aromatic carbocycles. The number of pyridine rings is 1. The van der Waals surface area contributed by atoms with Crippen LogP contribution in [0.15, 0.2) is 24.4 Å². The zero-order valence-corrected chi connectivity index (χ0v) is 16.2. The van der Waals surface area contributed by atoms with E-state index in [1.165, 1.54) is 12.3 Å². The molecule has 2 aromatic heterocycles. The molecule has 30 heavy (non-hydrogen) atoms. The van der Waals surface area contributed by atoms with Gasteiger partial charge in [0.2, 0.25) is 5.91 Å². The van der Waals surface area contributed by atoms with Crippen LogP contribution in [0.3, 0.4) is 0 Å². The van der Waals surface area contributed by atoms with Crippen molar-refractivity contribution in [3.05, 3.63) is 35.5 Å². The van der Waals surface area contributed by atoms with Crippen LogP contribution in [0.5, 0.6) is 0 Å². The van der Waals surface area contributed by atoms with Gasteiger partial charge in [-0.3, -0.25) is 9.59 Å². The highest BCUT2D eigenvalue weighted by atomic mass is 16.4. The third kappa shape index (κ3) is 2.62. The topological polar surface area (TPSA) is 141 Å². The summed E-state index contributed by atoms with van der Waals surface area (Å²) in [5.74, 6) is -0.951. The van der Waals surface area contributed by atoms with Crippen molar-refractivity contribution < 1.29 is 19.5 Å². The van der Waals surface area contributed by atoms with Crippen molar-refractivity contribution in [2.45, 2.75) is 19.3 Å². The van der Waals surface area contributed by atoms with E-state index in [1.807, 2.05) is 0 Å². The number of aromatic carboxylic acids is 1. The number of carboxylic acids is 1. The van der Waals surface area contributed by atoms with Crippen LogP contribution in [0.25, 0.3) is 21.8 Å². The highest BCUT2D eigenvalue weighted by Gasteiger charge is 2.45. The lowest BCUT2D eigenvalue weighted by Gasteiger charge is -2.39. The van der Waals surface area contributed by atoms with Gasteiger partial charge in [0.05, 0.1) is 27.4 Å². The first kappa shape index (κ1) is 18.4. The van der Waals surface area contributed by atoms with Crippen LogP contribution in [0, 0.1) is 5.41 Å². The summed E-state index contributed by atoms with van der Waals surface area (Å²) in [4.78, 5) is 45.9. The molecule has 4 heterocycles. The van der Waals surface area contributed by atoms with E-state index in [-0.39, 0.29) is 17.0 Å². The Balaban J connectivity index is 1.73. The van der Waals surface area contributed by atoms with Gasteiger partial charge in [-0.05, 0) is 37.5 Å². The number of carboxylic acid groups (broad SMARTS) is 1. The maximum absolute atomic E-state index is 12.5. The van der Waals surface area contributed by atoms with Crippen molar-refractivity contribution in [2.75, 3.05) is 24.5 Å². The molecule has 1 spiro atoms. The number of amides is 2. The molecule has 2 fully saturated rings. The summed E-state index contributed by atoms with van der Waals surface area (Å²) >= 11 is 0. The van der Waals surface area contributed by atoms with Crippen molar-refractivity contribution in [2.24, 2.45) is 11.1 Å². The van der Waals surface area contributed by atoms with Gasteiger partial charge in [0.1, 0.15) is 5.82 Å². The average Bonchev–Trinajstić information content (AvgIpc) is 3.27. The summed E-state index contributed by atoms with van der Waals surface area (Å²) in [5.41, 5.74) is 6.73. The minimum atomic E-state index is -1.04. The number of hydrogen-bond donors (Lipinski definition) is 4. The van der Waals surface area contributed by atoms with E-state index in [4.69, 9.17) is 5.73 Å². The van der Waals surface area contributed by atoms with Crippen LogP contribution >= 0.6 is 0 Å². The number of fused-ring (bicyclic) bond motifs is 3. The van der Waals surface area contributed by atoms with Crippen LogP contribution in [-0.4, -0.2) is 52.5 Å². The summed E-state index contributed by atoms with van der Waals surface area (Å²) in [5, 5.41) is 13.7. The molecule has 0 radical (unpaired) electrons. The number of nitrogens with zero attached hydrogens (tertiary/aromatic N) is 2. The number of carbonyl (C=O) groups excluding carboxylic acids is 2. The van der Waals surface area contributed by atoms with Crippen LogP contribution in [0.1, 0.15) is 40.0 Å². The highest BCUT2D eigenvalue weighted by Crippen LogP contribution is 2.41. The van der Waals surface area contributed by atoms with Crippen molar-refractivity contribution in [3.63, 3.8) is 0 Å². The Morgan fingerprint density at radius 3 is 2.80 bits per heavy atom. The van der Waals surface area contributed by atoms with Crippen LogP contribution in [0.2, 0.25) is 0 Å². The lowest BCUT2D eigenvalue weighted by Crippen LogP contribution is -2.47. The average molecular weight is 407 g/mol. The molecular formula is C21H21N5O4. The normalized spacial score (nSPS) is 21.5. The van der Waals surface area contributed by atoms with Crippen LogP contribution in [-0.2, 0) is 4.79 Å². The standard InChI is InChI=1S/C21H21N5O4/c22-17(27)13-9-24-18(26-7-1-4-21(10-26)5-6-23-20(21)30)15-12-8-11(19(28)29)2-3-14(12)25-16(13)15/h2-3,8-9,25H,1,4-7,10H2,(H2,22,27)(H,23,30)(H,28,29). The van der Waals surface area contributed by atoms with E-state index in [0.717, 1.165) is 25.8 Å². The third-order valence-electron chi connectivity index (χ3n) is 6.37. The number of anilines is 1. The molecule has 1 unspecified atom stereocenters. The first-order chi connectivity index (χ1) is 14.4. The Hall–Kier alpha value is -3.62. The second-order valence-electron chi connectivity index (χ2n) is 8.11. The minimum absolute atomic E-state index is 0.0734. The number of primary amides is 1. The molecular weight excluding hydrogens is 386 g/mol. The fourth-order valence-corrected chi connectivity index (χ4v) is 4.86. The molecule has 1 atom stereocenters. The lowest BCUT2D eigenvalue weighted by atomic mass is 9.78. The molecule has 9 heteroatoms. The fourth-order valence-electron chi connectivity index (χ4n) is 4.86. The number of nitrogens with two attached hydrogens (primary N) is 1. The smallest absolute Gasteiger partial charge is 0.335 e.